The molecule has 7 aromatic carbocycles. The Labute approximate surface area is 313 Å². The lowest BCUT2D eigenvalue weighted by Gasteiger charge is -2.16. The van der Waals surface area contributed by atoms with Crippen LogP contribution in [-0.4, -0.2) is 0 Å². The number of hydrogen-bond donors (Lipinski definition) is 0. The van der Waals surface area contributed by atoms with Crippen LogP contribution in [0.1, 0.15) is 34.6 Å². The molecule has 1 aliphatic carbocycles. The molecular formula is C52H36O2. The minimum Gasteiger partial charge on any atom is -0.456 e. The molecule has 0 radical (unpaired) electrons. The van der Waals surface area contributed by atoms with Gasteiger partial charge in [-0.3, -0.25) is 0 Å². The smallest absolute Gasteiger partial charge is 0.143 e. The van der Waals surface area contributed by atoms with Crippen LogP contribution in [-0.2, 0) is 0 Å². The van der Waals surface area contributed by atoms with Crippen molar-refractivity contribution < 1.29 is 8.83 Å². The highest BCUT2D eigenvalue weighted by Gasteiger charge is 2.19. The molecule has 0 bridgehead atoms. The largest absolute Gasteiger partial charge is 0.456 e. The summed E-state index contributed by atoms with van der Waals surface area (Å²) in [6.07, 6.45) is 7.43. The maximum Gasteiger partial charge on any atom is 0.143 e. The van der Waals surface area contributed by atoms with Gasteiger partial charge in [-0.05, 0) is 91.9 Å². The molecule has 1 aliphatic rings. The van der Waals surface area contributed by atoms with E-state index in [1.807, 2.05) is 24.3 Å². The maximum atomic E-state index is 6.48. The molecular weight excluding hydrogens is 657 g/mol. The molecule has 2 aromatic heterocycles. The second-order valence-electron chi connectivity index (χ2n) is 14.0. The maximum absolute atomic E-state index is 6.48. The Morgan fingerprint density at radius 3 is 2.17 bits per heavy atom. The molecule has 0 amide bonds. The Balaban J connectivity index is 1.13. The lowest BCUT2D eigenvalue weighted by Crippen LogP contribution is -2.25. The van der Waals surface area contributed by atoms with Crippen molar-refractivity contribution >= 4 is 78.3 Å². The third kappa shape index (κ3) is 5.18. The fraction of sp³-hybridized carbons (Fsp3) is 0.0385. The molecule has 1 unspecified atom stereocenters. The average Bonchev–Trinajstić information content (AvgIpc) is 3.80. The van der Waals surface area contributed by atoms with Gasteiger partial charge in [-0.15, -0.1) is 0 Å². The first-order valence-electron chi connectivity index (χ1n) is 18.5. The normalized spacial score (nSPS) is 13.7. The van der Waals surface area contributed by atoms with Gasteiger partial charge >= 0.3 is 0 Å². The number of benzene rings is 6. The molecule has 0 saturated heterocycles. The summed E-state index contributed by atoms with van der Waals surface area (Å²) in [5, 5.41) is 9.11. The quantitative estimate of drug-likeness (QED) is 0.179. The van der Waals surface area contributed by atoms with Gasteiger partial charge in [0.1, 0.15) is 22.2 Å². The van der Waals surface area contributed by atoms with E-state index in [1.165, 1.54) is 11.1 Å². The molecule has 2 nitrogen and oxygen atoms in total. The van der Waals surface area contributed by atoms with Crippen molar-refractivity contribution in [2.75, 3.05) is 0 Å². The summed E-state index contributed by atoms with van der Waals surface area (Å²) < 4.78 is 12.9. The minimum atomic E-state index is 0.183. The second kappa shape index (κ2) is 12.9. The molecule has 0 saturated carbocycles. The van der Waals surface area contributed by atoms with Crippen molar-refractivity contribution in [3.05, 3.63) is 204 Å². The van der Waals surface area contributed by atoms with E-state index in [1.54, 1.807) is 0 Å². The average molecular weight is 693 g/mol. The number of rotatable bonds is 5. The molecule has 2 heterocycles. The van der Waals surface area contributed by atoms with Crippen LogP contribution in [0.25, 0.3) is 89.4 Å². The first kappa shape index (κ1) is 31.8. The molecule has 1 atom stereocenters. The molecule has 54 heavy (non-hydrogen) atoms. The first-order chi connectivity index (χ1) is 26.7. The van der Waals surface area contributed by atoms with Crippen LogP contribution in [0, 0.1) is 0 Å². The van der Waals surface area contributed by atoms with E-state index < -0.39 is 0 Å². The van der Waals surface area contributed by atoms with Gasteiger partial charge in [0.15, 0.2) is 0 Å². The van der Waals surface area contributed by atoms with Crippen LogP contribution in [0.5, 0.6) is 0 Å². The van der Waals surface area contributed by atoms with Gasteiger partial charge in [-0.25, -0.2) is 0 Å². The molecule has 0 N–H and O–H groups in total. The van der Waals surface area contributed by atoms with Crippen LogP contribution in [0.2, 0.25) is 0 Å². The van der Waals surface area contributed by atoms with Crippen molar-refractivity contribution in [1.82, 2.24) is 0 Å². The fourth-order valence-corrected chi connectivity index (χ4v) is 8.39. The Morgan fingerprint density at radius 1 is 0.574 bits per heavy atom. The van der Waals surface area contributed by atoms with E-state index in [4.69, 9.17) is 8.83 Å². The van der Waals surface area contributed by atoms with Gasteiger partial charge in [-0.2, -0.15) is 0 Å². The summed E-state index contributed by atoms with van der Waals surface area (Å²) in [5.74, 6) is 0.183. The molecule has 10 rings (SSSR count). The lowest BCUT2D eigenvalue weighted by atomic mass is 9.88. The van der Waals surface area contributed by atoms with Crippen molar-refractivity contribution in [3.63, 3.8) is 0 Å². The van der Waals surface area contributed by atoms with Crippen LogP contribution in [0.3, 0.4) is 0 Å². The zero-order valence-electron chi connectivity index (χ0n) is 29.8. The summed E-state index contributed by atoms with van der Waals surface area (Å²) in [6.45, 7) is 8.70. The molecule has 2 heteroatoms. The monoisotopic (exact) mass is 692 g/mol. The fourth-order valence-electron chi connectivity index (χ4n) is 8.39. The van der Waals surface area contributed by atoms with Gasteiger partial charge in [-0.1, -0.05) is 159 Å². The van der Waals surface area contributed by atoms with Crippen LogP contribution < -0.4 is 10.6 Å². The second-order valence-corrected chi connectivity index (χ2v) is 14.0. The van der Waals surface area contributed by atoms with Gasteiger partial charge < -0.3 is 8.83 Å². The Morgan fingerprint density at radius 2 is 1.28 bits per heavy atom. The predicted molar refractivity (Wildman–Crippen MR) is 228 cm³/mol. The van der Waals surface area contributed by atoms with Crippen molar-refractivity contribution in [2.45, 2.75) is 12.3 Å². The number of hydrogen-bond acceptors (Lipinski definition) is 2. The number of fused-ring (bicyclic) bond motifs is 10. The summed E-state index contributed by atoms with van der Waals surface area (Å²) in [6, 6.07) is 55.7. The summed E-state index contributed by atoms with van der Waals surface area (Å²) >= 11 is 0. The van der Waals surface area contributed by atoms with E-state index >= 15 is 0 Å². The number of para-hydroxylation sites is 1. The van der Waals surface area contributed by atoms with Crippen molar-refractivity contribution in [1.29, 1.82) is 0 Å². The standard InChI is InChI=1S/C52H36O2/c1-3-34-15-8-9-18-38(34)33(2)39-19-6-4-5-7-20-40(42-22-11-10-21-41(39)42)37-17-14-16-35(31-37)36-25-29-49-47(32-36)51-44-26-27-45-43-23-12-13-24-48(43)54-52(45)46(44)28-30-50(51)53-49/h3-24,26-32,36H,1-2,25H2. The minimum absolute atomic E-state index is 0.183. The molecule has 256 valence electrons. The van der Waals surface area contributed by atoms with Gasteiger partial charge in [0.05, 0.1) is 0 Å². The third-order valence-corrected chi connectivity index (χ3v) is 11.0. The highest BCUT2D eigenvalue weighted by atomic mass is 16.3. The highest BCUT2D eigenvalue weighted by molar-refractivity contribution is 6.20. The zero-order chi connectivity index (χ0) is 36.2. The molecule has 0 spiro atoms. The summed E-state index contributed by atoms with van der Waals surface area (Å²) in [5.41, 5.74) is 11.4. The molecule has 9 aromatic rings. The zero-order valence-corrected chi connectivity index (χ0v) is 29.8. The van der Waals surface area contributed by atoms with Crippen molar-refractivity contribution in [2.24, 2.45) is 0 Å². The topological polar surface area (TPSA) is 26.3 Å². The Kier molecular flexibility index (Phi) is 7.63. The SMILES string of the molecule is C=Cc1ccccc1C(=C)c1ccccccc(-c2cccc(C3C=c4c(oc5ccc6c(ccc7c8ccccc8oc76)c45)=CC3)c2)c2ccccc12. The van der Waals surface area contributed by atoms with Gasteiger partial charge in [0.25, 0.3) is 0 Å². The van der Waals surface area contributed by atoms with E-state index in [9.17, 15) is 0 Å². The third-order valence-electron chi connectivity index (χ3n) is 11.0. The first-order valence-corrected chi connectivity index (χ1v) is 18.5. The number of furan rings is 2. The van der Waals surface area contributed by atoms with E-state index in [2.05, 4.69) is 165 Å². The molecule has 0 fully saturated rings. The van der Waals surface area contributed by atoms with Crippen molar-refractivity contribution in [3.8, 4) is 11.1 Å². The summed E-state index contributed by atoms with van der Waals surface area (Å²) in [4.78, 5) is 0. The van der Waals surface area contributed by atoms with Gasteiger partial charge in [0, 0.05) is 32.7 Å². The lowest BCUT2D eigenvalue weighted by molar-refractivity contribution is 0.570. The highest BCUT2D eigenvalue weighted by Crippen LogP contribution is 2.38. The van der Waals surface area contributed by atoms with E-state index in [-0.39, 0.29) is 5.92 Å². The Hall–Kier alpha value is -6.90. The van der Waals surface area contributed by atoms with Crippen LogP contribution in [0.4, 0.5) is 0 Å². The van der Waals surface area contributed by atoms with E-state index in [0.29, 0.717) is 0 Å². The molecule has 0 aliphatic heterocycles. The van der Waals surface area contributed by atoms with Gasteiger partial charge in [0.2, 0.25) is 0 Å². The summed E-state index contributed by atoms with van der Waals surface area (Å²) in [7, 11) is 0. The van der Waals surface area contributed by atoms with Crippen LogP contribution >= 0.6 is 0 Å². The predicted octanol–water partition coefficient (Wildman–Crippen LogP) is 12.9. The van der Waals surface area contributed by atoms with E-state index in [0.717, 1.165) is 99.3 Å². The Bertz CT molecular complexity index is 3190. The van der Waals surface area contributed by atoms with Crippen LogP contribution in [0.15, 0.2) is 180 Å².